The fourth-order valence-electron chi connectivity index (χ4n) is 2.26. The number of carbonyl (C=O) groups excluding carboxylic acids is 2. The Bertz CT molecular complexity index is 614. The van der Waals surface area contributed by atoms with E-state index in [0.29, 0.717) is 18.7 Å². The molecule has 0 aromatic heterocycles. The summed E-state index contributed by atoms with van der Waals surface area (Å²) in [6, 6.07) is 5.41. The normalized spacial score (nSPS) is 13.8. The highest BCUT2D eigenvalue weighted by Crippen LogP contribution is 2.16. The maximum atomic E-state index is 12.0. The van der Waals surface area contributed by atoms with Crippen molar-refractivity contribution in [2.45, 2.75) is 19.8 Å². The first-order chi connectivity index (χ1) is 10.1. The van der Waals surface area contributed by atoms with Crippen LogP contribution in [0.3, 0.4) is 0 Å². The molecule has 0 bridgehead atoms. The van der Waals surface area contributed by atoms with Gasteiger partial charge in [0.1, 0.15) is 6.61 Å². The molecule has 2 amide bonds. The molecule has 1 aromatic carbocycles. The molecule has 0 saturated carbocycles. The van der Waals surface area contributed by atoms with Gasteiger partial charge in [-0.05, 0) is 37.1 Å². The number of aryl methyl sites for hydroxylation is 1. The molecule has 2 rings (SSSR count). The average Bonchev–Trinajstić information content (AvgIpc) is 2.84. The van der Waals surface area contributed by atoms with Gasteiger partial charge in [0.2, 0.25) is 11.8 Å². The van der Waals surface area contributed by atoms with Crippen molar-refractivity contribution in [2.75, 3.05) is 25.0 Å². The second-order valence-electron chi connectivity index (χ2n) is 4.96. The van der Waals surface area contributed by atoms with E-state index in [9.17, 15) is 9.59 Å². The summed E-state index contributed by atoms with van der Waals surface area (Å²) in [6.07, 6.45) is 1.36. The number of rotatable bonds is 3. The molecule has 1 aromatic rings. The summed E-state index contributed by atoms with van der Waals surface area (Å²) in [6.45, 7) is 2.45. The van der Waals surface area contributed by atoms with Crippen LogP contribution in [0.5, 0.6) is 0 Å². The summed E-state index contributed by atoms with van der Waals surface area (Å²) in [4.78, 5) is 25.0. The van der Waals surface area contributed by atoms with E-state index in [1.54, 1.807) is 17.0 Å². The first-order valence-electron chi connectivity index (χ1n) is 6.88. The highest BCUT2D eigenvalue weighted by molar-refractivity contribution is 5.95. The maximum absolute atomic E-state index is 12.0. The lowest BCUT2D eigenvalue weighted by Crippen LogP contribution is -2.34. The molecular formula is C16H18N2O3. The molecule has 110 valence electrons. The molecular weight excluding hydrogens is 268 g/mol. The number of amides is 2. The molecule has 0 atom stereocenters. The van der Waals surface area contributed by atoms with Gasteiger partial charge in [-0.25, -0.2) is 0 Å². The van der Waals surface area contributed by atoms with Crippen LogP contribution >= 0.6 is 0 Å². The minimum absolute atomic E-state index is 0.0384. The van der Waals surface area contributed by atoms with E-state index >= 15 is 0 Å². The third-order valence-electron chi connectivity index (χ3n) is 3.32. The first kappa shape index (κ1) is 15.1. The molecule has 1 aliphatic rings. The number of hydrogen-bond acceptors (Lipinski definition) is 3. The Balaban J connectivity index is 1.99. The largest absolute Gasteiger partial charge is 0.384 e. The predicted octanol–water partition coefficient (Wildman–Crippen LogP) is 0.900. The van der Waals surface area contributed by atoms with Crippen molar-refractivity contribution in [3.8, 4) is 11.8 Å². The molecule has 1 fully saturated rings. The summed E-state index contributed by atoms with van der Waals surface area (Å²) < 4.78 is 0. The van der Waals surface area contributed by atoms with Gasteiger partial charge < -0.3 is 15.3 Å². The van der Waals surface area contributed by atoms with E-state index in [1.165, 1.54) is 0 Å². The van der Waals surface area contributed by atoms with Crippen LogP contribution in [0.4, 0.5) is 5.69 Å². The van der Waals surface area contributed by atoms with Gasteiger partial charge in [0, 0.05) is 24.2 Å². The number of aliphatic hydroxyl groups excluding tert-OH is 1. The van der Waals surface area contributed by atoms with Gasteiger partial charge in [-0.3, -0.25) is 9.59 Å². The van der Waals surface area contributed by atoms with Gasteiger partial charge in [0.05, 0.1) is 6.54 Å². The van der Waals surface area contributed by atoms with Crippen molar-refractivity contribution < 1.29 is 14.7 Å². The number of aliphatic hydroxyl groups is 1. The SMILES string of the molecule is Cc1cc(C#CCO)ccc1NC(=O)CN1CCCC1=O. The van der Waals surface area contributed by atoms with Crippen molar-refractivity contribution in [3.63, 3.8) is 0 Å². The summed E-state index contributed by atoms with van der Waals surface area (Å²) in [5, 5.41) is 11.5. The van der Waals surface area contributed by atoms with Crippen LogP contribution in [0, 0.1) is 18.8 Å². The molecule has 1 saturated heterocycles. The Morgan fingerprint density at radius 2 is 2.29 bits per heavy atom. The Morgan fingerprint density at radius 3 is 2.90 bits per heavy atom. The summed E-state index contributed by atoms with van der Waals surface area (Å²) in [5.74, 6) is 5.24. The van der Waals surface area contributed by atoms with E-state index in [1.807, 2.05) is 13.0 Å². The molecule has 1 aliphatic heterocycles. The van der Waals surface area contributed by atoms with Gasteiger partial charge in [0.15, 0.2) is 0 Å². The second-order valence-corrected chi connectivity index (χ2v) is 4.96. The third-order valence-corrected chi connectivity index (χ3v) is 3.32. The van der Waals surface area contributed by atoms with Crippen molar-refractivity contribution in [1.82, 2.24) is 4.90 Å². The topological polar surface area (TPSA) is 69.6 Å². The third kappa shape index (κ3) is 4.07. The van der Waals surface area contributed by atoms with Gasteiger partial charge in [0.25, 0.3) is 0 Å². The van der Waals surface area contributed by atoms with Crippen LogP contribution in [-0.4, -0.2) is 41.5 Å². The maximum Gasteiger partial charge on any atom is 0.244 e. The Kier molecular flexibility index (Phi) is 4.96. The van der Waals surface area contributed by atoms with E-state index in [4.69, 9.17) is 5.11 Å². The van der Waals surface area contributed by atoms with E-state index in [2.05, 4.69) is 17.2 Å². The molecule has 0 aliphatic carbocycles. The first-order valence-corrected chi connectivity index (χ1v) is 6.88. The fraction of sp³-hybridized carbons (Fsp3) is 0.375. The Morgan fingerprint density at radius 1 is 1.48 bits per heavy atom. The molecule has 0 unspecified atom stereocenters. The van der Waals surface area contributed by atoms with Crippen LogP contribution in [0.15, 0.2) is 18.2 Å². The summed E-state index contributed by atoms with van der Waals surface area (Å²) in [7, 11) is 0. The number of hydrogen-bond donors (Lipinski definition) is 2. The molecule has 5 nitrogen and oxygen atoms in total. The monoisotopic (exact) mass is 286 g/mol. The number of benzene rings is 1. The highest BCUT2D eigenvalue weighted by Gasteiger charge is 2.22. The quantitative estimate of drug-likeness (QED) is 0.811. The molecule has 21 heavy (non-hydrogen) atoms. The number of carbonyl (C=O) groups is 2. The Hall–Kier alpha value is -2.32. The van der Waals surface area contributed by atoms with Crippen LogP contribution < -0.4 is 5.32 Å². The lowest BCUT2D eigenvalue weighted by molar-refractivity contribution is -0.131. The Labute approximate surface area is 124 Å². The van der Waals surface area contributed by atoms with E-state index in [-0.39, 0.29) is 25.0 Å². The minimum atomic E-state index is -0.192. The zero-order valence-electron chi connectivity index (χ0n) is 12.0. The molecule has 1 heterocycles. The van der Waals surface area contributed by atoms with Gasteiger partial charge in [-0.1, -0.05) is 11.8 Å². The summed E-state index contributed by atoms with van der Waals surface area (Å²) >= 11 is 0. The van der Waals surface area contributed by atoms with Crippen LogP contribution in [0.25, 0.3) is 0 Å². The fourth-order valence-corrected chi connectivity index (χ4v) is 2.26. The smallest absolute Gasteiger partial charge is 0.244 e. The highest BCUT2D eigenvalue weighted by atomic mass is 16.2. The minimum Gasteiger partial charge on any atom is -0.384 e. The van der Waals surface area contributed by atoms with Crippen molar-refractivity contribution >= 4 is 17.5 Å². The molecule has 2 N–H and O–H groups in total. The molecule has 0 spiro atoms. The number of nitrogens with one attached hydrogen (secondary N) is 1. The lowest BCUT2D eigenvalue weighted by atomic mass is 10.1. The zero-order chi connectivity index (χ0) is 15.2. The lowest BCUT2D eigenvalue weighted by Gasteiger charge is -2.15. The number of likely N-dealkylation sites (tertiary alicyclic amines) is 1. The van der Waals surface area contributed by atoms with Crippen LogP contribution in [-0.2, 0) is 9.59 Å². The van der Waals surface area contributed by atoms with Gasteiger partial charge in [-0.2, -0.15) is 0 Å². The van der Waals surface area contributed by atoms with Crippen molar-refractivity contribution in [3.05, 3.63) is 29.3 Å². The zero-order valence-corrected chi connectivity index (χ0v) is 12.0. The number of anilines is 1. The number of nitrogens with zero attached hydrogens (tertiary/aromatic N) is 1. The average molecular weight is 286 g/mol. The molecule has 0 radical (unpaired) electrons. The van der Waals surface area contributed by atoms with Gasteiger partial charge >= 0.3 is 0 Å². The molecule has 5 heteroatoms. The summed E-state index contributed by atoms with van der Waals surface area (Å²) in [5.41, 5.74) is 2.39. The standard InChI is InChI=1S/C16H18N2O3/c1-12-10-13(4-3-9-19)6-7-14(12)17-15(20)11-18-8-2-5-16(18)21/h6-7,10,19H,2,5,8-9,11H2,1H3,(H,17,20). The second kappa shape index (κ2) is 6.91. The van der Waals surface area contributed by atoms with Crippen molar-refractivity contribution in [2.24, 2.45) is 0 Å². The predicted molar refractivity (Wildman–Crippen MR) is 79.6 cm³/mol. The van der Waals surface area contributed by atoms with Crippen LogP contribution in [0.2, 0.25) is 0 Å². The van der Waals surface area contributed by atoms with Crippen molar-refractivity contribution in [1.29, 1.82) is 0 Å². The van der Waals surface area contributed by atoms with E-state index in [0.717, 1.165) is 17.5 Å². The van der Waals surface area contributed by atoms with E-state index < -0.39 is 0 Å². The van der Waals surface area contributed by atoms with Gasteiger partial charge in [-0.15, -0.1) is 0 Å². The van der Waals surface area contributed by atoms with Crippen LogP contribution in [0.1, 0.15) is 24.0 Å².